The van der Waals surface area contributed by atoms with E-state index in [-0.39, 0.29) is 45.0 Å². The second-order valence-corrected chi connectivity index (χ2v) is 3.01. The maximum absolute atomic E-state index is 11.4. The van der Waals surface area contributed by atoms with E-state index in [0.717, 1.165) is 0 Å². The minimum absolute atomic E-state index is 0. The molecule has 0 spiro atoms. The molecule has 0 radical (unpaired) electrons. The van der Waals surface area contributed by atoms with Gasteiger partial charge in [0.1, 0.15) is 0 Å². The number of ketones is 2. The summed E-state index contributed by atoms with van der Waals surface area (Å²) >= 11 is 0. The standard InChI is InChI=1S/C10H16O4.Zr/c1-4-6-8(12)9(7(3)11)10(13)14-5-2;/h9H,4-6H2,1-3H3;. The molecule has 0 bridgehead atoms. The summed E-state index contributed by atoms with van der Waals surface area (Å²) in [7, 11) is 0. The smallest absolute Gasteiger partial charge is 0.324 e. The van der Waals surface area contributed by atoms with Crippen LogP contribution in [0.5, 0.6) is 0 Å². The van der Waals surface area contributed by atoms with Gasteiger partial charge in [-0.3, -0.25) is 14.4 Å². The van der Waals surface area contributed by atoms with E-state index in [2.05, 4.69) is 4.74 Å². The molecule has 0 rings (SSSR count). The molecule has 1 atom stereocenters. The van der Waals surface area contributed by atoms with E-state index < -0.39 is 17.7 Å². The summed E-state index contributed by atoms with van der Waals surface area (Å²) in [4.78, 5) is 33.7. The first-order valence-corrected chi connectivity index (χ1v) is 4.74. The van der Waals surface area contributed by atoms with Gasteiger partial charge in [0, 0.05) is 32.6 Å². The fourth-order valence-electron chi connectivity index (χ4n) is 1.14. The average Bonchev–Trinajstić information content (AvgIpc) is 2.04. The monoisotopic (exact) mass is 290 g/mol. The topological polar surface area (TPSA) is 60.4 Å². The first-order valence-electron chi connectivity index (χ1n) is 4.74. The average molecular weight is 291 g/mol. The van der Waals surface area contributed by atoms with Gasteiger partial charge in [-0.25, -0.2) is 0 Å². The van der Waals surface area contributed by atoms with Crippen LogP contribution in [0.2, 0.25) is 0 Å². The van der Waals surface area contributed by atoms with Crippen molar-refractivity contribution in [2.24, 2.45) is 5.92 Å². The minimum atomic E-state index is -1.21. The third-order valence-corrected chi connectivity index (χ3v) is 1.75. The molecule has 0 amide bonds. The Hall–Kier alpha value is -0.307. The number of rotatable bonds is 6. The molecule has 0 aliphatic carbocycles. The van der Waals surface area contributed by atoms with E-state index >= 15 is 0 Å². The molecule has 0 aliphatic rings. The number of hydrogen-bond donors (Lipinski definition) is 0. The molecule has 0 fully saturated rings. The zero-order valence-corrected chi connectivity index (χ0v) is 11.8. The summed E-state index contributed by atoms with van der Waals surface area (Å²) < 4.78 is 4.65. The second kappa shape index (κ2) is 8.96. The fraction of sp³-hybridized carbons (Fsp3) is 0.700. The van der Waals surface area contributed by atoms with E-state index in [1.807, 2.05) is 6.92 Å². The summed E-state index contributed by atoms with van der Waals surface area (Å²) in [6.07, 6.45) is 0.866. The van der Waals surface area contributed by atoms with Crippen molar-refractivity contribution in [1.82, 2.24) is 0 Å². The molecule has 4 nitrogen and oxygen atoms in total. The van der Waals surface area contributed by atoms with Crippen LogP contribution in [0.1, 0.15) is 33.6 Å². The molecule has 0 aromatic carbocycles. The predicted octanol–water partition coefficient (Wildman–Crippen LogP) is 1.12. The molecule has 84 valence electrons. The van der Waals surface area contributed by atoms with Crippen molar-refractivity contribution in [3.63, 3.8) is 0 Å². The third kappa shape index (κ3) is 5.98. The molecule has 15 heavy (non-hydrogen) atoms. The van der Waals surface area contributed by atoms with E-state index in [4.69, 9.17) is 0 Å². The Morgan fingerprint density at radius 2 is 1.73 bits per heavy atom. The number of Topliss-reactive ketones (excluding diaryl/α,β-unsaturated/α-hetero) is 2. The Balaban J connectivity index is 0. The van der Waals surface area contributed by atoms with Crippen LogP contribution in [0.25, 0.3) is 0 Å². The van der Waals surface area contributed by atoms with Gasteiger partial charge in [0.15, 0.2) is 17.5 Å². The molecule has 5 heteroatoms. The molecule has 0 N–H and O–H groups in total. The van der Waals surface area contributed by atoms with Crippen LogP contribution in [-0.2, 0) is 45.3 Å². The van der Waals surface area contributed by atoms with Crippen LogP contribution >= 0.6 is 0 Å². The van der Waals surface area contributed by atoms with Gasteiger partial charge in [0.25, 0.3) is 0 Å². The Morgan fingerprint density at radius 1 is 1.20 bits per heavy atom. The molecule has 1 unspecified atom stereocenters. The molecule has 0 saturated heterocycles. The van der Waals surface area contributed by atoms with Gasteiger partial charge in [0.2, 0.25) is 0 Å². The van der Waals surface area contributed by atoms with Gasteiger partial charge in [-0.1, -0.05) is 6.92 Å². The van der Waals surface area contributed by atoms with E-state index in [1.165, 1.54) is 6.92 Å². The minimum Gasteiger partial charge on any atom is -0.465 e. The fourth-order valence-corrected chi connectivity index (χ4v) is 1.14. The predicted molar refractivity (Wildman–Crippen MR) is 50.7 cm³/mol. The van der Waals surface area contributed by atoms with Crippen LogP contribution in [-0.4, -0.2) is 24.1 Å². The Bertz CT molecular complexity index is 220. The van der Waals surface area contributed by atoms with Crippen LogP contribution in [0.15, 0.2) is 0 Å². The SMILES string of the molecule is CCCC(=O)C(C(C)=O)C(=O)OCC.[Zr]. The zero-order valence-electron chi connectivity index (χ0n) is 9.33. The van der Waals surface area contributed by atoms with Crippen molar-refractivity contribution in [1.29, 1.82) is 0 Å². The third-order valence-electron chi connectivity index (χ3n) is 1.75. The van der Waals surface area contributed by atoms with Crippen molar-refractivity contribution >= 4 is 17.5 Å². The van der Waals surface area contributed by atoms with Crippen LogP contribution in [0.3, 0.4) is 0 Å². The maximum atomic E-state index is 11.4. The molecule has 0 heterocycles. The summed E-state index contributed by atoms with van der Waals surface area (Å²) in [5.74, 6) is -2.73. The molecular formula is C10H16O4Zr. The van der Waals surface area contributed by atoms with E-state index in [9.17, 15) is 14.4 Å². The Morgan fingerprint density at radius 3 is 2.07 bits per heavy atom. The van der Waals surface area contributed by atoms with Gasteiger partial charge in [-0.2, -0.15) is 0 Å². The molecule has 0 aromatic heterocycles. The number of hydrogen-bond acceptors (Lipinski definition) is 4. The van der Waals surface area contributed by atoms with Crippen molar-refractivity contribution in [3.05, 3.63) is 0 Å². The van der Waals surface area contributed by atoms with Crippen molar-refractivity contribution in [2.45, 2.75) is 33.6 Å². The maximum Gasteiger partial charge on any atom is 0.324 e. The van der Waals surface area contributed by atoms with Gasteiger partial charge < -0.3 is 4.74 Å². The van der Waals surface area contributed by atoms with Crippen LogP contribution in [0.4, 0.5) is 0 Å². The van der Waals surface area contributed by atoms with Gasteiger partial charge in [0.05, 0.1) is 6.61 Å². The van der Waals surface area contributed by atoms with Crippen molar-refractivity contribution < 1.29 is 45.3 Å². The van der Waals surface area contributed by atoms with Gasteiger partial charge in [-0.15, -0.1) is 0 Å². The first kappa shape index (κ1) is 17.1. The first-order chi connectivity index (χ1) is 6.54. The Kier molecular flexibility index (Phi) is 10.2. The summed E-state index contributed by atoms with van der Waals surface area (Å²) in [6, 6.07) is 0. The molecule has 0 aliphatic heterocycles. The van der Waals surface area contributed by atoms with Crippen LogP contribution in [0, 0.1) is 5.92 Å². The normalized spacial score (nSPS) is 11.1. The quantitative estimate of drug-likeness (QED) is 0.543. The van der Waals surface area contributed by atoms with Crippen LogP contribution < -0.4 is 0 Å². The summed E-state index contributed by atoms with van der Waals surface area (Å²) in [5, 5.41) is 0. The van der Waals surface area contributed by atoms with Gasteiger partial charge >= 0.3 is 5.97 Å². The van der Waals surface area contributed by atoms with E-state index in [0.29, 0.717) is 6.42 Å². The second-order valence-electron chi connectivity index (χ2n) is 3.01. The number of carbonyl (C=O) groups is 3. The van der Waals surface area contributed by atoms with Crippen molar-refractivity contribution in [3.8, 4) is 0 Å². The number of esters is 1. The zero-order chi connectivity index (χ0) is 11.1. The molecule has 0 aromatic rings. The summed E-state index contributed by atoms with van der Waals surface area (Å²) in [5.41, 5.74) is 0. The number of ether oxygens (including phenoxy) is 1. The van der Waals surface area contributed by atoms with Gasteiger partial charge in [-0.05, 0) is 20.3 Å². The largest absolute Gasteiger partial charge is 0.465 e. The molecular weight excluding hydrogens is 275 g/mol. The number of carbonyl (C=O) groups excluding carboxylic acids is 3. The Labute approximate surface area is 109 Å². The van der Waals surface area contributed by atoms with E-state index in [1.54, 1.807) is 6.92 Å². The molecule has 0 saturated carbocycles. The summed E-state index contributed by atoms with van der Waals surface area (Å²) in [6.45, 7) is 4.87. The van der Waals surface area contributed by atoms with Crippen molar-refractivity contribution in [2.75, 3.05) is 6.61 Å².